The van der Waals surface area contributed by atoms with Gasteiger partial charge in [-0.05, 0) is 49.6 Å². The summed E-state index contributed by atoms with van der Waals surface area (Å²) in [5, 5.41) is 3.58. The van der Waals surface area contributed by atoms with Crippen molar-refractivity contribution in [3.63, 3.8) is 0 Å². The summed E-state index contributed by atoms with van der Waals surface area (Å²) in [4.78, 5) is 0. The summed E-state index contributed by atoms with van der Waals surface area (Å²) in [6.07, 6.45) is 6.31. The SMILES string of the molecule is CCCNCC(C)(CC)CCCc1ccccc1. The van der Waals surface area contributed by atoms with Crippen molar-refractivity contribution in [3.8, 4) is 0 Å². The molecule has 1 atom stereocenters. The molecule has 18 heavy (non-hydrogen) atoms. The summed E-state index contributed by atoms with van der Waals surface area (Å²) in [7, 11) is 0. The van der Waals surface area contributed by atoms with Crippen molar-refractivity contribution in [3.05, 3.63) is 35.9 Å². The molecule has 102 valence electrons. The molecule has 0 radical (unpaired) electrons. The van der Waals surface area contributed by atoms with Gasteiger partial charge in [0, 0.05) is 6.54 Å². The summed E-state index contributed by atoms with van der Waals surface area (Å²) >= 11 is 0. The fraction of sp³-hybridized carbons (Fsp3) is 0.647. The Morgan fingerprint density at radius 1 is 1.11 bits per heavy atom. The highest BCUT2D eigenvalue weighted by Crippen LogP contribution is 2.27. The van der Waals surface area contributed by atoms with E-state index in [4.69, 9.17) is 0 Å². The van der Waals surface area contributed by atoms with Gasteiger partial charge in [-0.15, -0.1) is 0 Å². The summed E-state index contributed by atoms with van der Waals surface area (Å²) in [6.45, 7) is 9.27. The minimum Gasteiger partial charge on any atom is -0.316 e. The third kappa shape index (κ3) is 5.68. The van der Waals surface area contributed by atoms with Crippen LogP contribution >= 0.6 is 0 Å². The number of aryl methyl sites for hydroxylation is 1. The second kappa shape index (κ2) is 8.31. The van der Waals surface area contributed by atoms with Gasteiger partial charge in [0.2, 0.25) is 0 Å². The van der Waals surface area contributed by atoms with E-state index in [1.54, 1.807) is 0 Å². The molecule has 1 rings (SSSR count). The first kappa shape index (κ1) is 15.2. The highest BCUT2D eigenvalue weighted by molar-refractivity contribution is 5.14. The maximum absolute atomic E-state index is 3.58. The van der Waals surface area contributed by atoms with Gasteiger partial charge in [-0.1, -0.05) is 51.1 Å². The van der Waals surface area contributed by atoms with E-state index >= 15 is 0 Å². The monoisotopic (exact) mass is 247 g/mol. The third-order valence-electron chi connectivity index (χ3n) is 3.92. The molecule has 1 unspecified atom stereocenters. The van der Waals surface area contributed by atoms with E-state index in [1.165, 1.54) is 37.7 Å². The maximum atomic E-state index is 3.58. The van der Waals surface area contributed by atoms with Gasteiger partial charge in [0.15, 0.2) is 0 Å². The number of nitrogens with one attached hydrogen (secondary N) is 1. The molecule has 0 saturated heterocycles. The topological polar surface area (TPSA) is 12.0 Å². The highest BCUT2D eigenvalue weighted by Gasteiger charge is 2.20. The van der Waals surface area contributed by atoms with Crippen LogP contribution in [0, 0.1) is 5.41 Å². The molecular formula is C17H29N. The van der Waals surface area contributed by atoms with Crippen LogP contribution in [0.25, 0.3) is 0 Å². The largest absolute Gasteiger partial charge is 0.316 e. The first-order valence-corrected chi connectivity index (χ1v) is 7.45. The molecule has 0 aliphatic rings. The lowest BCUT2D eigenvalue weighted by molar-refractivity contribution is 0.263. The Morgan fingerprint density at radius 3 is 2.44 bits per heavy atom. The highest BCUT2D eigenvalue weighted by atomic mass is 14.9. The van der Waals surface area contributed by atoms with Crippen LogP contribution in [0.4, 0.5) is 0 Å². The predicted octanol–water partition coefficient (Wildman–Crippen LogP) is 4.43. The van der Waals surface area contributed by atoms with Crippen molar-refractivity contribution in [2.24, 2.45) is 5.41 Å². The lowest BCUT2D eigenvalue weighted by Crippen LogP contribution is -2.32. The summed E-state index contributed by atoms with van der Waals surface area (Å²) < 4.78 is 0. The first-order valence-electron chi connectivity index (χ1n) is 7.45. The van der Waals surface area contributed by atoms with Gasteiger partial charge in [-0.2, -0.15) is 0 Å². The van der Waals surface area contributed by atoms with E-state index < -0.39 is 0 Å². The van der Waals surface area contributed by atoms with Crippen molar-refractivity contribution in [2.75, 3.05) is 13.1 Å². The molecule has 1 heteroatoms. The molecule has 1 nitrogen and oxygen atoms in total. The summed E-state index contributed by atoms with van der Waals surface area (Å²) in [5.41, 5.74) is 1.93. The molecule has 1 aromatic carbocycles. The van der Waals surface area contributed by atoms with Crippen molar-refractivity contribution in [1.82, 2.24) is 5.32 Å². The van der Waals surface area contributed by atoms with Crippen LogP contribution in [0.3, 0.4) is 0 Å². The Kier molecular flexibility index (Phi) is 7.04. The van der Waals surface area contributed by atoms with Crippen LogP contribution in [-0.2, 0) is 6.42 Å². The Balaban J connectivity index is 2.30. The van der Waals surface area contributed by atoms with E-state index in [-0.39, 0.29) is 0 Å². The van der Waals surface area contributed by atoms with Gasteiger partial charge < -0.3 is 5.32 Å². The van der Waals surface area contributed by atoms with Crippen molar-refractivity contribution in [2.45, 2.75) is 52.9 Å². The lowest BCUT2D eigenvalue weighted by Gasteiger charge is -2.28. The fourth-order valence-electron chi connectivity index (χ4n) is 2.32. The number of hydrogen-bond donors (Lipinski definition) is 1. The molecule has 1 N–H and O–H groups in total. The first-order chi connectivity index (χ1) is 8.70. The average Bonchev–Trinajstić information content (AvgIpc) is 2.40. The molecule has 0 amide bonds. The van der Waals surface area contributed by atoms with Gasteiger partial charge >= 0.3 is 0 Å². The number of rotatable bonds is 9. The van der Waals surface area contributed by atoms with Gasteiger partial charge in [0.25, 0.3) is 0 Å². The molecule has 0 saturated carbocycles. The zero-order chi connectivity index (χ0) is 13.3. The Hall–Kier alpha value is -0.820. The lowest BCUT2D eigenvalue weighted by atomic mass is 9.81. The Bertz CT molecular complexity index is 307. The molecule has 1 aromatic rings. The number of benzene rings is 1. The molecule has 0 bridgehead atoms. The standard InChI is InChI=1S/C17H29N/c1-4-14-18-15-17(3,5-2)13-9-12-16-10-7-6-8-11-16/h6-8,10-11,18H,4-5,9,12-15H2,1-3H3. The zero-order valence-electron chi connectivity index (χ0n) is 12.3. The maximum Gasteiger partial charge on any atom is 0.000506 e. The van der Waals surface area contributed by atoms with Gasteiger partial charge in [-0.3, -0.25) is 0 Å². The van der Waals surface area contributed by atoms with E-state index in [1.807, 2.05) is 0 Å². The second-order valence-corrected chi connectivity index (χ2v) is 5.68. The van der Waals surface area contributed by atoms with Crippen molar-refractivity contribution >= 4 is 0 Å². The predicted molar refractivity (Wildman–Crippen MR) is 80.9 cm³/mol. The van der Waals surface area contributed by atoms with Crippen molar-refractivity contribution in [1.29, 1.82) is 0 Å². The zero-order valence-corrected chi connectivity index (χ0v) is 12.3. The van der Waals surface area contributed by atoms with Gasteiger partial charge in [-0.25, -0.2) is 0 Å². The molecule has 0 spiro atoms. The Morgan fingerprint density at radius 2 is 1.83 bits per heavy atom. The smallest absolute Gasteiger partial charge is 0.000506 e. The second-order valence-electron chi connectivity index (χ2n) is 5.68. The minimum absolute atomic E-state index is 0.462. The molecule has 0 aromatic heterocycles. The average molecular weight is 247 g/mol. The van der Waals surface area contributed by atoms with Crippen LogP contribution in [-0.4, -0.2) is 13.1 Å². The van der Waals surface area contributed by atoms with E-state index in [9.17, 15) is 0 Å². The number of hydrogen-bond acceptors (Lipinski definition) is 1. The third-order valence-corrected chi connectivity index (χ3v) is 3.92. The molecule has 0 aliphatic heterocycles. The normalized spacial score (nSPS) is 14.4. The van der Waals surface area contributed by atoms with Crippen LogP contribution in [0.2, 0.25) is 0 Å². The Labute approximate surface area is 113 Å². The summed E-state index contributed by atoms with van der Waals surface area (Å²) in [5.74, 6) is 0. The summed E-state index contributed by atoms with van der Waals surface area (Å²) in [6, 6.07) is 10.8. The molecule has 0 heterocycles. The van der Waals surface area contributed by atoms with E-state index in [2.05, 4.69) is 56.4 Å². The van der Waals surface area contributed by atoms with Crippen LogP contribution in [0.1, 0.15) is 52.0 Å². The van der Waals surface area contributed by atoms with Gasteiger partial charge in [0.1, 0.15) is 0 Å². The van der Waals surface area contributed by atoms with Crippen LogP contribution in [0.5, 0.6) is 0 Å². The van der Waals surface area contributed by atoms with Crippen LogP contribution in [0.15, 0.2) is 30.3 Å². The molecule has 0 fully saturated rings. The fourth-order valence-corrected chi connectivity index (χ4v) is 2.32. The van der Waals surface area contributed by atoms with E-state index in [0.717, 1.165) is 13.1 Å². The minimum atomic E-state index is 0.462. The van der Waals surface area contributed by atoms with E-state index in [0.29, 0.717) is 5.41 Å². The van der Waals surface area contributed by atoms with Gasteiger partial charge in [0.05, 0.1) is 0 Å². The molecular weight excluding hydrogens is 218 g/mol. The molecule has 0 aliphatic carbocycles. The van der Waals surface area contributed by atoms with Crippen LogP contribution < -0.4 is 5.32 Å². The van der Waals surface area contributed by atoms with Crippen molar-refractivity contribution < 1.29 is 0 Å². The quantitative estimate of drug-likeness (QED) is 0.637.